The third-order valence-electron chi connectivity index (χ3n) is 4.59. The average Bonchev–Trinajstić information content (AvgIpc) is 3.33. The molecule has 1 atom stereocenters. The third-order valence-corrected chi connectivity index (χ3v) is 5.19. The van der Waals surface area contributed by atoms with Crippen molar-refractivity contribution in [2.24, 2.45) is 0 Å². The Labute approximate surface area is 188 Å². The number of hydrogen-bond acceptors (Lipinski definition) is 5. The summed E-state index contributed by atoms with van der Waals surface area (Å²) in [5.74, 6) is 0.672. The highest BCUT2D eigenvalue weighted by Crippen LogP contribution is 2.33. The van der Waals surface area contributed by atoms with Gasteiger partial charge in [-0.15, -0.1) is 0 Å². The topological polar surface area (TPSA) is 120 Å². The Morgan fingerprint density at radius 1 is 1.19 bits per heavy atom. The first-order chi connectivity index (χ1) is 14.5. The van der Waals surface area contributed by atoms with Crippen molar-refractivity contribution >= 4 is 46.3 Å². The average molecular weight is 462 g/mol. The number of fused-ring (bicyclic) bond motifs is 1. The van der Waals surface area contributed by atoms with E-state index in [2.05, 4.69) is 20.3 Å². The smallest absolute Gasteiger partial charge is 0.124 e. The van der Waals surface area contributed by atoms with Crippen LogP contribution in [0.25, 0.3) is 23.1 Å². The number of benzene rings is 1. The Balaban J connectivity index is 0.00000272. The molecular weight excluding hydrogens is 441 g/mol. The lowest BCUT2D eigenvalue weighted by atomic mass is 10.1. The standard InChI is InChI=1S/C21H19Cl2N5O2.H2O/c1-13(21-17(22)10-24-11-18(21)23)30-15-3-5-20-16(8-15)19(26-27-20)4-2-14-9-25-28(12-14)6-7-29;/h2-5,8-13,29H,6-7H2,1H3,(H,26,27);1H2/b4-2+;. The van der Waals surface area contributed by atoms with Gasteiger partial charge >= 0.3 is 0 Å². The summed E-state index contributed by atoms with van der Waals surface area (Å²) >= 11 is 12.5. The van der Waals surface area contributed by atoms with Crippen molar-refractivity contribution in [1.29, 1.82) is 0 Å². The number of aromatic nitrogens is 5. The molecule has 3 heterocycles. The lowest BCUT2D eigenvalue weighted by Crippen LogP contribution is -2.05. The summed E-state index contributed by atoms with van der Waals surface area (Å²) in [6, 6.07) is 5.70. The van der Waals surface area contributed by atoms with E-state index in [1.54, 1.807) is 23.3 Å². The van der Waals surface area contributed by atoms with Crippen molar-refractivity contribution < 1.29 is 15.3 Å². The molecule has 162 valence electrons. The number of ether oxygens (including phenoxy) is 1. The van der Waals surface area contributed by atoms with Crippen molar-refractivity contribution in [1.82, 2.24) is 25.0 Å². The van der Waals surface area contributed by atoms with Gasteiger partial charge in [0.05, 0.1) is 40.6 Å². The van der Waals surface area contributed by atoms with E-state index in [0.29, 0.717) is 27.9 Å². The van der Waals surface area contributed by atoms with Gasteiger partial charge in [-0.2, -0.15) is 10.2 Å². The number of pyridine rings is 1. The van der Waals surface area contributed by atoms with Crippen molar-refractivity contribution in [2.45, 2.75) is 19.6 Å². The van der Waals surface area contributed by atoms with Crippen molar-refractivity contribution in [2.75, 3.05) is 6.61 Å². The Morgan fingerprint density at radius 3 is 2.71 bits per heavy atom. The minimum Gasteiger partial charge on any atom is -0.486 e. The van der Waals surface area contributed by atoms with Crippen LogP contribution < -0.4 is 4.74 Å². The molecule has 8 nitrogen and oxygen atoms in total. The van der Waals surface area contributed by atoms with Gasteiger partial charge < -0.3 is 15.3 Å². The van der Waals surface area contributed by atoms with Crippen LogP contribution in [0.4, 0.5) is 0 Å². The van der Waals surface area contributed by atoms with E-state index in [0.717, 1.165) is 22.2 Å². The highest BCUT2D eigenvalue weighted by Gasteiger charge is 2.16. The maximum Gasteiger partial charge on any atom is 0.124 e. The van der Waals surface area contributed by atoms with Crippen molar-refractivity contribution in [3.8, 4) is 5.75 Å². The van der Waals surface area contributed by atoms with Gasteiger partial charge in [0.2, 0.25) is 0 Å². The number of aromatic amines is 1. The van der Waals surface area contributed by atoms with Crippen LogP contribution in [0.5, 0.6) is 5.75 Å². The normalized spacial score (nSPS) is 12.3. The van der Waals surface area contributed by atoms with Crippen molar-refractivity contribution in [3.63, 3.8) is 0 Å². The summed E-state index contributed by atoms with van der Waals surface area (Å²) in [5.41, 5.74) is 3.28. The fraction of sp³-hybridized carbons (Fsp3) is 0.190. The monoisotopic (exact) mass is 461 g/mol. The first kappa shape index (κ1) is 22.8. The quantitative estimate of drug-likeness (QED) is 0.431. The summed E-state index contributed by atoms with van der Waals surface area (Å²) < 4.78 is 7.77. The number of nitrogens with zero attached hydrogens (tertiary/aromatic N) is 4. The number of hydrogen-bond donors (Lipinski definition) is 2. The molecule has 10 heteroatoms. The maximum absolute atomic E-state index is 9.00. The van der Waals surface area contributed by atoms with Gasteiger partial charge in [0.25, 0.3) is 0 Å². The van der Waals surface area contributed by atoms with Crippen LogP contribution in [-0.2, 0) is 6.54 Å². The van der Waals surface area contributed by atoms with Crippen LogP contribution in [0.1, 0.15) is 29.8 Å². The fourth-order valence-electron chi connectivity index (χ4n) is 3.15. The lowest BCUT2D eigenvalue weighted by molar-refractivity contribution is 0.227. The second-order valence-electron chi connectivity index (χ2n) is 6.69. The van der Waals surface area contributed by atoms with Gasteiger partial charge in [-0.1, -0.05) is 23.2 Å². The zero-order valence-electron chi connectivity index (χ0n) is 16.6. The van der Waals surface area contributed by atoms with Gasteiger partial charge in [-0.3, -0.25) is 14.8 Å². The molecule has 0 saturated carbocycles. The Morgan fingerprint density at radius 2 is 1.97 bits per heavy atom. The molecule has 4 aromatic rings. The fourth-order valence-corrected chi connectivity index (χ4v) is 3.82. The minimum absolute atomic E-state index is 0. The van der Waals surface area contributed by atoms with Gasteiger partial charge in [0.15, 0.2) is 0 Å². The van der Waals surface area contributed by atoms with Gasteiger partial charge in [-0.05, 0) is 37.3 Å². The Kier molecular flexibility index (Phi) is 7.29. The summed E-state index contributed by atoms with van der Waals surface area (Å²) in [6.07, 6.45) is 10.2. The molecule has 0 fully saturated rings. The highest BCUT2D eigenvalue weighted by molar-refractivity contribution is 6.35. The Hall–Kier alpha value is -2.91. The second-order valence-corrected chi connectivity index (χ2v) is 7.50. The van der Waals surface area contributed by atoms with Gasteiger partial charge in [0, 0.05) is 35.1 Å². The molecule has 0 radical (unpaired) electrons. The molecule has 4 N–H and O–H groups in total. The molecule has 1 aromatic carbocycles. The summed E-state index contributed by atoms with van der Waals surface area (Å²) in [7, 11) is 0. The number of H-pyrrole nitrogens is 1. The van der Waals surface area contributed by atoms with Crippen LogP contribution in [0.2, 0.25) is 10.0 Å². The van der Waals surface area contributed by atoms with Crippen LogP contribution >= 0.6 is 23.2 Å². The number of aliphatic hydroxyl groups is 1. The van der Waals surface area contributed by atoms with E-state index in [-0.39, 0.29) is 18.2 Å². The molecule has 0 saturated heterocycles. The Bertz CT molecular complexity index is 1180. The summed E-state index contributed by atoms with van der Waals surface area (Å²) in [4.78, 5) is 3.98. The molecule has 3 aromatic heterocycles. The van der Waals surface area contributed by atoms with E-state index in [4.69, 9.17) is 33.0 Å². The zero-order chi connectivity index (χ0) is 21.1. The maximum atomic E-state index is 9.00. The van der Waals surface area contributed by atoms with Crippen LogP contribution in [0.3, 0.4) is 0 Å². The SMILES string of the molecule is CC(Oc1ccc2[nH]nc(/C=C/c3cnn(CCO)c3)c2c1)c1c(Cl)cncc1Cl.O. The molecule has 0 amide bonds. The lowest BCUT2D eigenvalue weighted by Gasteiger charge is -2.17. The third kappa shape index (κ3) is 5.05. The number of nitrogens with one attached hydrogen (secondary N) is 1. The van der Waals surface area contributed by atoms with Crippen LogP contribution in [0.15, 0.2) is 43.0 Å². The predicted octanol–water partition coefficient (Wildman–Crippen LogP) is 3.94. The van der Waals surface area contributed by atoms with E-state index >= 15 is 0 Å². The highest BCUT2D eigenvalue weighted by atomic mass is 35.5. The van der Waals surface area contributed by atoms with Gasteiger partial charge in [-0.25, -0.2) is 0 Å². The van der Waals surface area contributed by atoms with E-state index in [1.807, 2.05) is 43.5 Å². The van der Waals surface area contributed by atoms with Crippen LogP contribution in [0, 0.1) is 0 Å². The van der Waals surface area contributed by atoms with E-state index in [9.17, 15) is 0 Å². The molecule has 1 unspecified atom stereocenters. The molecule has 31 heavy (non-hydrogen) atoms. The number of rotatable bonds is 7. The number of halogens is 2. The molecule has 0 aliphatic heterocycles. The predicted molar refractivity (Wildman–Crippen MR) is 121 cm³/mol. The van der Waals surface area contributed by atoms with Gasteiger partial charge in [0.1, 0.15) is 11.9 Å². The first-order valence-corrected chi connectivity index (χ1v) is 10.1. The molecular formula is C21H21Cl2N5O3. The molecule has 0 aliphatic carbocycles. The molecule has 4 rings (SSSR count). The number of aliphatic hydroxyl groups excluding tert-OH is 1. The second kappa shape index (κ2) is 9.93. The van der Waals surface area contributed by atoms with Crippen LogP contribution in [-0.4, -0.2) is 42.2 Å². The zero-order valence-corrected chi connectivity index (χ0v) is 18.1. The first-order valence-electron chi connectivity index (χ1n) is 9.30. The molecule has 0 aliphatic rings. The molecule has 0 bridgehead atoms. The summed E-state index contributed by atoms with van der Waals surface area (Å²) in [6.45, 7) is 2.40. The minimum atomic E-state index is -0.353. The largest absolute Gasteiger partial charge is 0.486 e. The van der Waals surface area contributed by atoms with Crippen molar-refractivity contribution in [3.05, 3.63) is 69.9 Å². The summed E-state index contributed by atoms with van der Waals surface area (Å²) in [5, 5.41) is 22.4. The van der Waals surface area contributed by atoms with E-state index in [1.165, 1.54) is 0 Å². The molecule has 0 spiro atoms. The van der Waals surface area contributed by atoms with E-state index < -0.39 is 0 Å².